The molecule has 0 aromatic carbocycles. The first-order chi connectivity index (χ1) is 6.79. The summed E-state index contributed by atoms with van der Waals surface area (Å²) in [5.41, 5.74) is 0.188. The maximum absolute atomic E-state index is 10.7. The number of carboxylic acids is 1. The second-order valence-electron chi connectivity index (χ2n) is 2.44. The maximum atomic E-state index is 10.7. The number of hydrogen-bond donors (Lipinski definition) is 1. The lowest BCUT2D eigenvalue weighted by Crippen LogP contribution is -1.99. The fraction of sp³-hybridized carbons (Fsp3) is 0. The van der Waals surface area contributed by atoms with Crippen LogP contribution in [-0.4, -0.2) is 26.3 Å². The third-order valence-electron chi connectivity index (χ3n) is 1.57. The normalized spacial score (nSPS) is 10.0. The van der Waals surface area contributed by atoms with E-state index in [1.165, 1.54) is 6.20 Å². The van der Waals surface area contributed by atoms with Gasteiger partial charge in [-0.2, -0.15) is 5.10 Å². The van der Waals surface area contributed by atoms with Gasteiger partial charge >= 0.3 is 5.97 Å². The van der Waals surface area contributed by atoms with Crippen molar-refractivity contribution in [2.24, 2.45) is 0 Å². The molecule has 0 radical (unpaired) electrons. The average Bonchev–Trinajstić information content (AvgIpc) is 2.67. The lowest BCUT2D eigenvalue weighted by Gasteiger charge is -1.93. The van der Waals surface area contributed by atoms with Gasteiger partial charge in [-0.05, 0) is 12.1 Å². The van der Waals surface area contributed by atoms with E-state index >= 15 is 0 Å². The van der Waals surface area contributed by atoms with Gasteiger partial charge in [-0.15, -0.1) is 5.10 Å². The van der Waals surface area contributed by atoms with Crippen molar-refractivity contribution in [3.8, 4) is 11.5 Å². The van der Waals surface area contributed by atoms with Crippen LogP contribution in [0.2, 0.25) is 0 Å². The summed E-state index contributed by atoms with van der Waals surface area (Å²) in [4.78, 5) is 14.2. The van der Waals surface area contributed by atoms with E-state index in [9.17, 15) is 4.79 Å². The van der Waals surface area contributed by atoms with E-state index in [1.54, 1.807) is 12.1 Å². The highest BCUT2D eigenvalue weighted by atomic mass is 16.4. The zero-order valence-corrected chi connectivity index (χ0v) is 6.91. The van der Waals surface area contributed by atoms with E-state index in [0.29, 0.717) is 5.69 Å². The summed E-state index contributed by atoms with van der Waals surface area (Å²) in [5, 5.41) is 16.1. The quantitative estimate of drug-likeness (QED) is 0.756. The van der Waals surface area contributed by atoms with Gasteiger partial charge in [-0.25, -0.2) is 9.78 Å². The van der Waals surface area contributed by atoms with Crippen molar-refractivity contribution in [3.63, 3.8) is 0 Å². The molecule has 6 heteroatoms. The molecule has 0 atom stereocenters. The Labute approximate surface area is 78.2 Å². The van der Waals surface area contributed by atoms with E-state index in [0.717, 1.165) is 6.39 Å². The number of nitrogens with zero attached hydrogens (tertiary/aromatic N) is 3. The summed E-state index contributed by atoms with van der Waals surface area (Å²) in [5.74, 6) is -1.04. The first kappa shape index (κ1) is 8.36. The average molecular weight is 191 g/mol. The Morgan fingerprint density at radius 1 is 1.50 bits per heavy atom. The number of rotatable bonds is 2. The fourth-order valence-electron chi connectivity index (χ4n) is 1.00. The van der Waals surface area contributed by atoms with Crippen LogP contribution in [0, 0.1) is 0 Å². The van der Waals surface area contributed by atoms with Crippen LogP contribution in [0.15, 0.2) is 29.1 Å². The summed E-state index contributed by atoms with van der Waals surface area (Å²) >= 11 is 0. The maximum Gasteiger partial charge on any atom is 0.358 e. The molecule has 2 heterocycles. The van der Waals surface area contributed by atoms with Crippen molar-refractivity contribution in [2.45, 2.75) is 0 Å². The Morgan fingerprint density at radius 2 is 2.36 bits per heavy atom. The second-order valence-corrected chi connectivity index (χ2v) is 2.44. The third-order valence-corrected chi connectivity index (χ3v) is 1.57. The minimum absolute atomic E-state index is 0.116. The van der Waals surface area contributed by atoms with E-state index in [2.05, 4.69) is 15.2 Å². The molecule has 0 unspecified atom stereocenters. The molecule has 70 valence electrons. The molecule has 0 amide bonds. The van der Waals surface area contributed by atoms with E-state index in [-0.39, 0.29) is 11.5 Å². The van der Waals surface area contributed by atoms with Gasteiger partial charge in [0.05, 0.1) is 0 Å². The number of carbonyl (C=O) groups is 1. The van der Waals surface area contributed by atoms with Gasteiger partial charge in [0.25, 0.3) is 0 Å². The number of aromatic carboxylic acids is 1. The van der Waals surface area contributed by atoms with Crippen LogP contribution in [0.3, 0.4) is 0 Å². The van der Waals surface area contributed by atoms with Gasteiger partial charge in [0.1, 0.15) is 5.69 Å². The molecule has 0 aliphatic carbocycles. The van der Waals surface area contributed by atoms with Crippen molar-refractivity contribution in [1.29, 1.82) is 0 Å². The van der Waals surface area contributed by atoms with Crippen LogP contribution >= 0.6 is 0 Å². The number of aromatic nitrogens is 3. The summed E-state index contributed by atoms with van der Waals surface area (Å²) in [6.45, 7) is 0. The predicted molar refractivity (Wildman–Crippen MR) is 44.5 cm³/mol. The fourth-order valence-corrected chi connectivity index (χ4v) is 1.00. The molecule has 14 heavy (non-hydrogen) atoms. The molecule has 1 N–H and O–H groups in total. The first-order valence-electron chi connectivity index (χ1n) is 3.74. The largest absolute Gasteiger partial charge is 0.476 e. The Hall–Kier alpha value is -2.24. The van der Waals surface area contributed by atoms with Crippen molar-refractivity contribution in [2.75, 3.05) is 0 Å². The van der Waals surface area contributed by atoms with Crippen LogP contribution in [0.1, 0.15) is 10.5 Å². The number of hydrogen-bond acceptors (Lipinski definition) is 5. The second kappa shape index (κ2) is 3.25. The third kappa shape index (κ3) is 1.33. The van der Waals surface area contributed by atoms with Gasteiger partial charge in [0.15, 0.2) is 17.8 Å². The summed E-state index contributed by atoms with van der Waals surface area (Å²) in [7, 11) is 0. The molecule has 0 fully saturated rings. The summed E-state index contributed by atoms with van der Waals surface area (Å²) in [6.07, 6.45) is 2.55. The van der Waals surface area contributed by atoms with Crippen molar-refractivity contribution in [1.82, 2.24) is 15.2 Å². The van der Waals surface area contributed by atoms with Gasteiger partial charge in [-0.1, -0.05) is 0 Å². The Bertz CT molecular complexity index is 452. The lowest BCUT2D eigenvalue weighted by atomic mass is 10.2. The van der Waals surface area contributed by atoms with E-state index < -0.39 is 5.97 Å². The zero-order valence-electron chi connectivity index (χ0n) is 6.91. The van der Waals surface area contributed by atoms with Crippen LogP contribution in [0.25, 0.3) is 11.5 Å². The molecule has 0 spiro atoms. The zero-order chi connectivity index (χ0) is 9.97. The molecule has 2 aromatic rings. The van der Waals surface area contributed by atoms with Crippen molar-refractivity contribution < 1.29 is 14.3 Å². The smallest absolute Gasteiger partial charge is 0.358 e. The molecular formula is C8H5N3O3. The van der Waals surface area contributed by atoms with Crippen LogP contribution in [-0.2, 0) is 0 Å². The first-order valence-corrected chi connectivity index (χ1v) is 3.74. The topological polar surface area (TPSA) is 89.1 Å². The molecular weight excluding hydrogens is 186 g/mol. The molecule has 0 aliphatic heterocycles. The van der Waals surface area contributed by atoms with Gasteiger partial charge < -0.3 is 9.52 Å². The lowest BCUT2D eigenvalue weighted by molar-refractivity contribution is 0.0691. The summed E-state index contributed by atoms with van der Waals surface area (Å²) in [6, 6.07) is 3.23. The summed E-state index contributed by atoms with van der Waals surface area (Å²) < 4.78 is 4.92. The highest BCUT2D eigenvalue weighted by Crippen LogP contribution is 2.19. The standard InChI is InChI=1S/C8H5N3O3/c12-8(13)6-7(14-4-9-6)5-2-1-3-10-11-5/h1-4H,(H,12,13). The molecule has 6 nitrogen and oxygen atoms in total. The molecule has 0 aliphatic rings. The van der Waals surface area contributed by atoms with Gasteiger partial charge in [0, 0.05) is 6.20 Å². The Kier molecular flexibility index (Phi) is 1.94. The minimum Gasteiger partial charge on any atom is -0.476 e. The van der Waals surface area contributed by atoms with E-state index in [1.807, 2.05) is 0 Å². The Morgan fingerprint density at radius 3 is 3.00 bits per heavy atom. The molecule has 0 bridgehead atoms. The molecule has 0 saturated heterocycles. The van der Waals surface area contributed by atoms with Gasteiger partial charge in [0.2, 0.25) is 0 Å². The minimum atomic E-state index is -1.15. The van der Waals surface area contributed by atoms with Crippen molar-refractivity contribution in [3.05, 3.63) is 30.4 Å². The number of oxazole rings is 1. The van der Waals surface area contributed by atoms with Gasteiger partial charge in [-0.3, -0.25) is 0 Å². The highest BCUT2D eigenvalue weighted by Gasteiger charge is 2.17. The highest BCUT2D eigenvalue weighted by molar-refractivity contribution is 5.91. The SMILES string of the molecule is O=C(O)c1ncoc1-c1cccnn1. The molecule has 0 saturated carbocycles. The number of carboxylic acid groups (broad SMARTS) is 1. The monoisotopic (exact) mass is 191 g/mol. The van der Waals surface area contributed by atoms with E-state index in [4.69, 9.17) is 9.52 Å². The van der Waals surface area contributed by atoms with Crippen LogP contribution in [0.4, 0.5) is 0 Å². The molecule has 2 aromatic heterocycles. The predicted octanol–water partition coefficient (Wildman–Crippen LogP) is 0.830. The molecule has 2 rings (SSSR count). The Balaban J connectivity index is 2.52. The van der Waals surface area contributed by atoms with Crippen LogP contribution in [0.5, 0.6) is 0 Å². The van der Waals surface area contributed by atoms with Crippen molar-refractivity contribution >= 4 is 5.97 Å². The van der Waals surface area contributed by atoms with Crippen LogP contribution < -0.4 is 0 Å².